The summed E-state index contributed by atoms with van der Waals surface area (Å²) in [5.41, 5.74) is 1.17. The summed E-state index contributed by atoms with van der Waals surface area (Å²) in [6.07, 6.45) is 2.03. The number of fused-ring (bicyclic) bond motifs is 1. The smallest absolute Gasteiger partial charge is 0.240 e. The number of nitrogens with zero attached hydrogens (tertiary/aromatic N) is 1. The molecule has 2 aromatic rings. The van der Waals surface area contributed by atoms with Crippen LogP contribution < -0.4 is 10.0 Å². The average Bonchev–Trinajstić information content (AvgIpc) is 2.74. The number of carbonyl (C=O) groups excluding carboxylic acids is 1. The predicted octanol–water partition coefficient (Wildman–Crippen LogP) is 1.99. The topological polar surface area (TPSA) is 88.2 Å². The monoisotopic (exact) mass is 349 g/mol. The number of aromatic nitrogens is 1. The van der Waals surface area contributed by atoms with Crippen LogP contribution in [0.1, 0.15) is 12.1 Å². The van der Waals surface area contributed by atoms with E-state index in [4.69, 9.17) is 0 Å². The molecule has 120 valence electrons. The molecule has 0 atom stereocenters. The third-order valence-corrected chi connectivity index (χ3v) is 5.77. The van der Waals surface area contributed by atoms with Crippen molar-refractivity contribution in [1.82, 2.24) is 9.71 Å². The van der Waals surface area contributed by atoms with Gasteiger partial charge in [0.05, 0.1) is 22.8 Å². The fourth-order valence-electron chi connectivity index (χ4n) is 2.12. The van der Waals surface area contributed by atoms with Crippen molar-refractivity contribution in [3.63, 3.8) is 0 Å². The zero-order valence-electron chi connectivity index (χ0n) is 12.2. The first-order valence-electron chi connectivity index (χ1n) is 7.01. The summed E-state index contributed by atoms with van der Waals surface area (Å²) >= 11 is 1.53. The molecule has 0 saturated carbocycles. The summed E-state index contributed by atoms with van der Waals surface area (Å²) < 4.78 is 27.3. The Bertz CT molecular complexity index is 823. The van der Waals surface area contributed by atoms with Crippen molar-refractivity contribution in [1.29, 1.82) is 0 Å². The molecular formula is C15H15N3O3S2. The molecule has 0 bridgehead atoms. The molecule has 1 aromatic heterocycles. The number of amides is 1. The molecule has 2 heterocycles. The summed E-state index contributed by atoms with van der Waals surface area (Å²) in [7, 11) is -3.67. The lowest BCUT2D eigenvalue weighted by Crippen LogP contribution is -2.24. The van der Waals surface area contributed by atoms with Crippen molar-refractivity contribution in [2.45, 2.75) is 22.8 Å². The van der Waals surface area contributed by atoms with E-state index in [0.717, 1.165) is 4.90 Å². The Morgan fingerprint density at radius 2 is 2.13 bits per heavy atom. The maximum atomic E-state index is 12.4. The van der Waals surface area contributed by atoms with Gasteiger partial charge >= 0.3 is 0 Å². The second-order valence-electron chi connectivity index (χ2n) is 4.95. The number of hydrogen-bond acceptors (Lipinski definition) is 5. The molecule has 0 radical (unpaired) electrons. The van der Waals surface area contributed by atoms with E-state index in [1.807, 2.05) is 0 Å². The summed E-state index contributed by atoms with van der Waals surface area (Å²) in [6.45, 7) is 0.112. The van der Waals surface area contributed by atoms with E-state index >= 15 is 0 Å². The molecule has 1 aromatic carbocycles. The molecule has 6 nitrogen and oxygen atoms in total. The van der Waals surface area contributed by atoms with Crippen LogP contribution in [0.4, 0.5) is 5.69 Å². The fourth-order valence-corrected chi connectivity index (χ4v) is 4.08. The number of carbonyl (C=O) groups is 1. The zero-order valence-corrected chi connectivity index (χ0v) is 13.8. The van der Waals surface area contributed by atoms with Crippen molar-refractivity contribution < 1.29 is 13.2 Å². The fraction of sp³-hybridized carbons (Fsp3) is 0.200. The lowest BCUT2D eigenvalue weighted by atomic mass is 10.3. The Labute approximate surface area is 138 Å². The molecule has 2 N–H and O–H groups in total. The molecule has 8 heteroatoms. The van der Waals surface area contributed by atoms with E-state index in [2.05, 4.69) is 15.0 Å². The number of benzene rings is 1. The normalized spacial score (nSPS) is 14.7. The highest BCUT2D eigenvalue weighted by Crippen LogP contribution is 2.32. The largest absolute Gasteiger partial charge is 0.325 e. The van der Waals surface area contributed by atoms with Crippen LogP contribution in [0.2, 0.25) is 0 Å². The number of sulfonamides is 1. The maximum Gasteiger partial charge on any atom is 0.240 e. The van der Waals surface area contributed by atoms with Crippen LogP contribution in [0.15, 0.2) is 52.4 Å². The number of rotatable bonds is 4. The van der Waals surface area contributed by atoms with Gasteiger partial charge in [-0.3, -0.25) is 9.78 Å². The standard InChI is InChI=1S/C15H15N3O3S2/c19-15-6-8-22-14-5-4-12(9-13(14)18-15)23(20,21)17-10-11-3-1-2-7-16-11/h1-5,7,9,17H,6,8,10H2,(H,18,19). The van der Waals surface area contributed by atoms with Crippen LogP contribution in [-0.2, 0) is 21.4 Å². The average molecular weight is 349 g/mol. The van der Waals surface area contributed by atoms with Gasteiger partial charge in [-0.25, -0.2) is 13.1 Å². The molecule has 0 fully saturated rings. The molecular weight excluding hydrogens is 334 g/mol. The van der Waals surface area contributed by atoms with Crippen LogP contribution in [-0.4, -0.2) is 25.1 Å². The van der Waals surface area contributed by atoms with E-state index < -0.39 is 10.0 Å². The van der Waals surface area contributed by atoms with Crippen LogP contribution in [0.5, 0.6) is 0 Å². The Morgan fingerprint density at radius 3 is 2.91 bits per heavy atom. The molecule has 0 unspecified atom stereocenters. The van der Waals surface area contributed by atoms with Gasteiger partial charge in [0.25, 0.3) is 0 Å². The Kier molecular flexibility index (Phi) is 4.65. The van der Waals surface area contributed by atoms with Crippen LogP contribution in [0.25, 0.3) is 0 Å². The van der Waals surface area contributed by atoms with Gasteiger partial charge in [-0.2, -0.15) is 0 Å². The highest BCUT2D eigenvalue weighted by Gasteiger charge is 2.19. The lowest BCUT2D eigenvalue weighted by molar-refractivity contribution is -0.115. The van der Waals surface area contributed by atoms with E-state index in [-0.39, 0.29) is 17.3 Å². The van der Waals surface area contributed by atoms with Crippen molar-refractivity contribution in [3.05, 3.63) is 48.3 Å². The zero-order chi connectivity index (χ0) is 16.3. The summed E-state index contributed by atoms with van der Waals surface area (Å²) in [5, 5.41) is 2.74. The number of anilines is 1. The maximum absolute atomic E-state index is 12.4. The first-order valence-corrected chi connectivity index (χ1v) is 9.48. The van der Waals surface area contributed by atoms with Gasteiger partial charge < -0.3 is 5.32 Å². The van der Waals surface area contributed by atoms with Crippen molar-refractivity contribution >= 4 is 33.4 Å². The summed E-state index contributed by atoms with van der Waals surface area (Å²) in [4.78, 5) is 16.7. The van der Waals surface area contributed by atoms with E-state index in [1.54, 1.807) is 36.5 Å². The number of nitrogens with one attached hydrogen (secondary N) is 2. The van der Waals surface area contributed by atoms with Crippen LogP contribution >= 0.6 is 11.8 Å². The lowest BCUT2D eigenvalue weighted by Gasteiger charge is -2.10. The first-order chi connectivity index (χ1) is 11.0. The van der Waals surface area contributed by atoms with Gasteiger partial charge in [-0.05, 0) is 30.3 Å². The van der Waals surface area contributed by atoms with Gasteiger partial charge in [0.1, 0.15) is 0 Å². The second-order valence-corrected chi connectivity index (χ2v) is 7.85. The highest BCUT2D eigenvalue weighted by atomic mass is 32.2. The quantitative estimate of drug-likeness (QED) is 0.881. The first kappa shape index (κ1) is 16.0. The minimum Gasteiger partial charge on any atom is -0.325 e. The molecule has 1 aliphatic rings. The molecule has 0 spiro atoms. The van der Waals surface area contributed by atoms with Crippen molar-refractivity contribution in [2.75, 3.05) is 11.1 Å². The van der Waals surface area contributed by atoms with Gasteiger partial charge in [-0.1, -0.05) is 6.07 Å². The van der Waals surface area contributed by atoms with E-state index in [1.165, 1.54) is 17.8 Å². The minimum absolute atomic E-state index is 0.104. The van der Waals surface area contributed by atoms with Gasteiger partial charge in [0.15, 0.2) is 0 Å². The third-order valence-electron chi connectivity index (χ3n) is 3.29. The summed E-state index contributed by atoms with van der Waals surface area (Å²) in [6, 6.07) is 10.1. The van der Waals surface area contributed by atoms with Crippen LogP contribution in [0.3, 0.4) is 0 Å². The predicted molar refractivity (Wildman–Crippen MR) is 88.7 cm³/mol. The number of pyridine rings is 1. The SMILES string of the molecule is O=C1CCSc2ccc(S(=O)(=O)NCc3ccccn3)cc2N1. The van der Waals surface area contributed by atoms with E-state index in [0.29, 0.717) is 23.6 Å². The van der Waals surface area contributed by atoms with Crippen LogP contribution in [0, 0.1) is 0 Å². The Hall–Kier alpha value is -1.90. The number of hydrogen-bond donors (Lipinski definition) is 2. The molecule has 0 aliphatic carbocycles. The second kappa shape index (κ2) is 6.69. The molecule has 3 rings (SSSR count). The van der Waals surface area contributed by atoms with Gasteiger partial charge in [-0.15, -0.1) is 11.8 Å². The molecule has 0 saturated heterocycles. The Morgan fingerprint density at radius 1 is 1.26 bits per heavy atom. The van der Waals surface area contributed by atoms with E-state index in [9.17, 15) is 13.2 Å². The van der Waals surface area contributed by atoms with Crippen molar-refractivity contribution in [3.8, 4) is 0 Å². The van der Waals surface area contributed by atoms with Crippen molar-refractivity contribution in [2.24, 2.45) is 0 Å². The molecule has 23 heavy (non-hydrogen) atoms. The van der Waals surface area contributed by atoms with Gasteiger partial charge in [0, 0.05) is 23.3 Å². The highest BCUT2D eigenvalue weighted by molar-refractivity contribution is 7.99. The van der Waals surface area contributed by atoms with Gasteiger partial charge in [0.2, 0.25) is 15.9 Å². The molecule has 1 aliphatic heterocycles. The number of thioether (sulfide) groups is 1. The third kappa shape index (κ3) is 3.90. The summed E-state index contributed by atoms with van der Waals surface area (Å²) in [5.74, 6) is 0.579. The molecule has 1 amide bonds. The Balaban J connectivity index is 1.81. The minimum atomic E-state index is -3.67.